The largest absolute Gasteiger partial charge is 0.377 e. The van der Waals surface area contributed by atoms with Gasteiger partial charge in [-0.1, -0.05) is 70.5 Å². The molecule has 5 atom stereocenters. The Balaban J connectivity index is 0.00000116. The van der Waals surface area contributed by atoms with Gasteiger partial charge in [0, 0.05) is 48.9 Å². The molecule has 4 unspecified atom stereocenters. The van der Waals surface area contributed by atoms with Crippen molar-refractivity contribution in [1.29, 1.82) is 0 Å². The number of para-hydroxylation sites is 1. The number of halogens is 1. The molecule has 288 valence electrons. The van der Waals surface area contributed by atoms with Crippen molar-refractivity contribution < 1.29 is 9.53 Å². The number of nitrogen functional groups attached to an aromatic ring is 1. The Bertz CT molecular complexity index is 1570. The number of aryl methyl sites for hydroxylation is 1. The molecule has 8 nitrogen and oxygen atoms in total. The maximum absolute atomic E-state index is 14.0. The first-order chi connectivity index (χ1) is 25.1. The molecule has 3 aliphatic rings. The molecular weight excluding hydrogens is 668 g/mol. The SMILES string of the molecule is C=C.C=CC1CN(C2CC(COC3CCC(N)CC3)N(C(=O)Cc3cc(Cl)c(NC(C)c4cn(N)c5ccccc45)cc3C)C2)C[C@@H]1C.CC.CC. The maximum Gasteiger partial charge on any atom is 0.227 e. The third-order valence-electron chi connectivity index (χ3n) is 10.9. The molecule has 1 aromatic heterocycles. The van der Waals surface area contributed by atoms with E-state index in [9.17, 15) is 4.79 Å². The summed E-state index contributed by atoms with van der Waals surface area (Å²) in [7, 11) is 0. The number of hydrogen-bond donors (Lipinski definition) is 3. The minimum absolute atomic E-state index is 0.0183. The van der Waals surface area contributed by atoms with Crippen molar-refractivity contribution in [3.8, 4) is 0 Å². The number of likely N-dealkylation sites (tertiary alicyclic amines) is 2. The van der Waals surface area contributed by atoms with E-state index in [0.29, 0.717) is 35.9 Å². The second-order valence-corrected chi connectivity index (χ2v) is 14.5. The van der Waals surface area contributed by atoms with Crippen LogP contribution in [0.1, 0.15) is 96.4 Å². The van der Waals surface area contributed by atoms with Crippen molar-refractivity contribution in [2.75, 3.05) is 37.4 Å². The van der Waals surface area contributed by atoms with E-state index in [-0.39, 0.29) is 30.1 Å². The van der Waals surface area contributed by atoms with Crippen LogP contribution in [0.25, 0.3) is 10.9 Å². The maximum atomic E-state index is 14.0. The molecule has 52 heavy (non-hydrogen) atoms. The second-order valence-electron chi connectivity index (χ2n) is 14.1. The van der Waals surface area contributed by atoms with Crippen molar-refractivity contribution >= 4 is 34.1 Å². The van der Waals surface area contributed by atoms with E-state index in [1.165, 1.54) is 0 Å². The number of carbonyl (C=O) groups excluding carboxylic acids is 1. The molecule has 3 fully saturated rings. The van der Waals surface area contributed by atoms with Gasteiger partial charge in [0.2, 0.25) is 5.91 Å². The minimum atomic E-state index is -0.0183. The smallest absolute Gasteiger partial charge is 0.227 e. The zero-order valence-electron chi connectivity index (χ0n) is 33.0. The van der Waals surface area contributed by atoms with Gasteiger partial charge in [0.15, 0.2) is 0 Å². The highest BCUT2D eigenvalue weighted by atomic mass is 35.5. The van der Waals surface area contributed by atoms with Crippen molar-refractivity contribution in [3.05, 3.63) is 90.1 Å². The lowest BCUT2D eigenvalue weighted by Gasteiger charge is -2.30. The summed E-state index contributed by atoms with van der Waals surface area (Å²) in [5.41, 5.74) is 11.1. The molecule has 1 saturated carbocycles. The summed E-state index contributed by atoms with van der Waals surface area (Å²) in [5.74, 6) is 7.44. The molecule has 3 heterocycles. The number of rotatable bonds is 10. The molecule has 3 aromatic rings. The van der Waals surface area contributed by atoms with Gasteiger partial charge < -0.3 is 26.5 Å². The molecule has 2 aliphatic heterocycles. The number of nitrogens with one attached hydrogen (secondary N) is 1. The number of aromatic nitrogens is 1. The van der Waals surface area contributed by atoms with E-state index in [1.54, 1.807) is 4.68 Å². The Morgan fingerprint density at radius 3 is 2.40 bits per heavy atom. The van der Waals surface area contributed by atoms with Crippen LogP contribution in [0, 0.1) is 18.8 Å². The highest BCUT2D eigenvalue weighted by Gasteiger charge is 2.41. The lowest BCUT2D eigenvalue weighted by Crippen LogP contribution is -2.41. The number of benzene rings is 2. The van der Waals surface area contributed by atoms with E-state index in [4.69, 9.17) is 27.9 Å². The van der Waals surface area contributed by atoms with Gasteiger partial charge in [-0.05, 0) is 87.1 Å². The van der Waals surface area contributed by atoms with Gasteiger partial charge in [-0.3, -0.25) is 14.4 Å². The molecule has 0 spiro atoms. The predicted octanol–water partition coefficient (Wildman–Crippen LogP) is 8.90. The fourth-order valence-corrected chi connectivity index (χ4v) is 8.17. The summed E-state index contributed by atoms with van der Waals surface area (Å²) in [5, 5.41) is 5.30. The summed E-state index contributed by atoms with van der Waals surface area (Å²) in [6.07, 6.45) is 9.57. The summed E-state index contributed by atoms with van der Waals surface area (Å²) in [6.45, 7) is 27.9. The van der Waals surface area contributed by atoms with Crippen molar-refractivity contribution in [2.45, 2.75) is 117 Å². The zero-order chi connectivity index (χ0) is 38.5. The number of amides is 1. The average Bonchev–Trinajstić information content (AvgIpc) is 3.87. The molecular formula is C43H67ClN6O2. The highest BCUT2D eigenvalue weighted by molar-refractivity contribution is 6.33. The normalized spacial score (nSPS) is 24.8. The van der Waals surface area contributed by atoms with Gasteiger partial charge >= 0.3 is 0 Å². The van der Waals surface area contributed by atoms with E-state index >= 15 is 0 Å². The lowest BCUT2D eigenvalue weighted by molar-refractivity contribution is -0.133. The second kappa shape index (κ2) is 20.8. The monoisotopic (exact) mass is 735 g/mol. The third-order valence-corrected chi connectivity index (χ3v) is 11.2. The number of hydrogen-bond acceptors (Lipinski definition) is 6. The van der Waals surface area contributed by atoms with Crippen LogP contribution >= 0.6 is 11.6 Å². The first-order valence-corrected chi connectivity index (χ1v) is 19.9. The first kappa shape index (κ1) is 43.1. The van der Waals surface area contributed by atoms with Crippen LogP contribution in [0.3, 0.4) is 0 Å². The van der Waals surface area contributed by atoms with Crippen LogP contribution in [-0.4, -0.2) is 70.9 Å². The standard InChI is InChI=1S/C37H51ClN6O2.2C2H6.C2H4/c1-5-26-19-42(18-24(26)3)29-17-30(22-46-31-12-10-28(39)11-13-31)43(20-29)37(45)16-27-15-34(38)35(14-23(27)2)41-25(4)33-21-44(40)36-9-7-6-8-32(33)36;3*1-2/h5-9,14-15,21,24-26,28-31,41H,1,10-13,16-20,22,39-40H2,2-4H3;2*1-2H3;1-2H2/t24-,25?,26?,28?,29?,30?,31?;;;/m0.../s1. The molecule has 0 bridgehead atoms. The number of fused-ring (bicyclic) bond motifs is 1. The van der Waals surface area contributed by atoms with Crippen molar-refractivity contribution in [2.24, 2.45) is 17.6 Å². The Morgan fingerprint density at radius 1 is 1.08 bits per heavy atom. The van der Waals surface area contributed by atoms with Crippen LogP contribution < -0.4 is 16.9 Å². The van der Waals surface area contributed by atoms with E-state index < -0.39 is 0 Å². The first-order valence-electron chi connectivity index (χ1n) is 19.5. The number of nitrogens with two attached hydrogens (primary N) is 2. The fraction of sp³-hybridized carbons (Fsp3) is 0.558. The van der Waals surface area contributed by atoms with E-state index in [2.05, 4.69) is 73.8 Å². The van der Waals surface area contributed by atoms with Gasteiger partial charge in [0.05, 0.1) is 47.4 Å². The summed E-state index contributed by atoms with van der Waals surface area (Å²) < 4.78 is 8.12. The van der Waals surface area contributed by atoms with Gasteiger partial charge in [0.1, 0.15) is 0 Å². The van der Waals surface area contributed by atoms with Crippen LogP contribution in [0.4, 0.5) is 5.69 Å². The van der Waals surface area contributed by atoms with Gasteiger partial charge in [-0.2, -0.15) is 0 Å². The van der Waals surface area contributed by atoms with Gasteiger partial charge in [-0.15, -0.1) is 19.7 Å². The topological polar surface area (TPSA) is 102 Å². The Hall–Kier alpha value is -3.30. The number of carbonyl (C=O) groups is 1. The quantitative estimate of drug-likeness (QED) is 0.142. The van der Waals surface area contributed by atoms with Crippen molar-refractivity contribution in [3.63, 3.8) is 0 Å². The van der Waals surface area contributed by atoms with Crippen LogP contribution in [0.5, 0.6) is 0 Å². The summed E-state index contributed by atoms with van der Waals surface area (Å²) in [4.78, 5) is 18.7. The molecule has 6 rings (SSSR count). The zero-order valence-corrected chi connectivity index (χ0v) is 33.8. The Kier molecular flexibility index (Phi) is 17.3. The van der Waals surface area contributed by atoms with Gasteiger partial charge in [-0.25, -0.2) is 0 Å². The third kappa shape index (κ3) is 10.4. The molecule has 1 aliphatic carbocycles. The lowest BCUT2D eigenvalue weighted by atomic mass is 9.94. The molecule has 2 saturated heterocycles. The molecule has 5 N–H and O–H groups in total. The molecule has 2 aromatic carbocycles. The molecule has 9 heteroatoms. The summed E-state index contributed by atoms with van der Waals surface area (Å²) in [6, 6.07) is 12.8. The Labute approximate surface area is 319 Å². The number of ether oxygens (including phenoxy) is 1. The van der Waals surface area contributed by atoms with Gasteiger partial charge in [0.25, 0.3) is 0 Å². The van der Waals surface area contributed by atoms with Crippen LogP contribution in [-0.2, 0) is 16.0 Å². The highest BCUT2D eigenvalue weighted by Crippen LogP contribution is 2.35. The number of anilines is 1. The predicted molar refractivity (Wildman–Crippen MR) is 222 cm³/mol. The average molecular weight is 736 g/mol. The van der Waals surface area contributed by atoms with Crippen LogP contribution in [0.2, 0.25) is 5.02 Å². The van der Waals surface area contributed by atoms with E-state index in [1.807, 2.05) is 58.2 Å². The van der Waals surface area contributed by atoms with E-state index in [0.717, 1.165) is 85.0 Å². The minimum Gasteiger partial charge on any atom is -0.377 e. The Morgan fingerprint density at radius 2 is 1.75 bits per heavy atom. The summed E-state index contributed by atoms with van der Waals surface area (Å²) >= 11 is 6.86. The van der Waals surface area contributed by atoms with Crippen molar-refractivity contribution in [1.82, 2.24) is 14.5 Å². The van der Waals surface area contributed by atoms with Crippen LogP contribution in [0.15, 0.2) is 68.4 Å². The fourth-order valence-electron chi connectivity index (χ4n) is 7.93. The molecule has 1 amide bonds. The molecule has 0 radical (unpaired) electrons. The number of nitrogens with zero attached hydrogens (tertiary/aromatic N) is 3.